The van der Waals surface area contributed by atoms with E-state index in [1.54, 1.807) is 0 Å². The summed E-state index contributed by atoms with van der Waals surface area (Å²) >= 11 is 0. The lowest BCUT2D eigenvalue weighted by Crippen LogP contribution is -2.31. The van der Waals surface area contributed by atoms with E-state index in [1.807, 2.05) is 0 Å². The lowest BCUT2D eigenvalue weighted by Gasteiger charge is -2.28. The zero-order chi connectivity index (χ0) is 14.7. The Labute approximate surface area is 114 Å². The van der Waals surface area contributed by atoms with Crippen LogP contribution in [0, 0.1) is 21.8 Å². The largest absolute Gasteiger partial charge is 0.481 e. The van der Waals surface area contributed by atoms with E-state index in [0.717, 1.165) is 18.9 Å². The number of para-hydroxylation sites is 1. The van der Waals surface area contributed by atoms with E-state index in [9.17, 15) is 19.3 Å². The number of nitrogens with one attached hydrogen (secondary N) is 1. The fraction of sp³-hybridized carbons (Fsp3) is 0.462. The van der Waals surface area contributed by atoms with Gasteiger partial charge in [-0.1, -0.05) is 12.5 Å². The highest BCUT2D eigenvalue weighted by Crippen LogP contribution is 2.32. The van der Waals surface area contributed by atoms with E-state index in [1.165, 1.54) is 12.1 Å². The molecule has 2 N–H and O–H groups in total. The van der Waals surface area contributed by atoms with Gasteiger partial charge in [0.05, 0.1) is 10.8 Å². The van der Waals surface area contributed by atoms with E-state index in [4.69, 9.17) is 5.11 Å². The maximum absolute atomic E-state index is 13.5. The van der Waals surface area contributed by atoms with Crippen LogP contribution in [-0.4, -0.2) is 22.0 Å². The summed E-state index contributed by atoms with van der Waals surface area (Å²) in [6.45, 7) is 0. The number of nitro groups is 1. The molecule has 1 saturated carbocycles. The molecular weight excluding hydrogens is 267 g/mol. The van der Waals surface area contributed by atoms with Crippen LogP contribution in [0.2, 0.25) is 0 Å². The Bertz CT molecular complexity index is 535. The van der Waals surface area contributed by atoms with Crippen molar-refractivity contribution >= 4 is 17.3 Å². The molecule has 2 atom stereocenters. The summed E-state index contributed by atoms with van der Waals surface area (Å²) in [6, 6.07) is 3.67. The Morgan fingerprint density at radius 1 is 1.45 bits per heavy atom. The minimum Gasteiger partial charge on any atom is -0.481 e. The molecule has 0 heterocycles. The molecule has 0 bridgehead atoms. The summed E-state index contributed by atoms with van der Waals surface area (Å²) in [6.07, 6.45) is 2.46. The van der Waals surface area contributed by atoms with E-state index < -0.39 is 28.3 Å². The summed E-state index contributed by atoms with van der Waals surface area (Å²) in [7, 11) is 0. The standard InChI is InChI=1S/C13H15FN2O4/c14-10-5-2-6-11(12(10)16(19)20)15-9-4-1-3-8(7-9)13(17)18/h2,5-6,8-9,15H,1,3-4,7H2,(H,17,18). The highest BCUT2D eigenvalue weighted by molar-refractivity contribution is 5.70. The average Bonchev–Trinajstić information content (AvgIpc) is 2.38. The number of anilines is 1. The summed E-state index contributed by atoms with van der Waals surface area (Å²) < 4.78 is 13.5. The quantitative estimate of drug-likeness (QED) is 0.654. The minimum atomic E-state index is -0.898. The number of carbonyl (C=O) groups is 1. The third kappa shape index (κ3) is 3.04. The van der Waals surface area contributed by atoms with Crippen molar-refractivity contribution in [1.82, 2.24) is 0 Å². The first-order valence-corrected chi connectivity index (χ1v) is 6.41. The number of nitro benzene ring substituents is 1. The third-order valence-electron chi connectivity index (χ3n) is 3.55. The van der Waals surface area contributed by atoms with Crippen molar-refractivity contribution in [2.24, 2.45) is 5.92 Å². The summed E-state index contributed by atoms with van der Waals surface area (Å²) in [5, 5.41) is 22.8. The van der Waals surface area contributed by atoms with Gasteiger partial charge in [-0.05, 0) is 31.4 Å². The van der Waals surface area contributed by atoms with E-state index >= 15 is 0 Å². The van der Waals surface area contributed by atoms with Gasteiger partial charge in [-0.15, -0.1) is 0 Å². The maximum atomic E-state index is 13.5. The van der Waals surface area contributed by atoms with Gasteiger partial charge < -0.3 is 10.4 Å². The maximum Gasteiger partial charge on any atom is 0.327 e. The van der Waals surface area contributed by atoms with Crippen molar-refractivity contribution in [3.05, 3.63) is 34.1 Å². The first kappa shape index (κ1) is 14.2. The molecule has 0 radical (unpaired) electrons. The summed E-state index contributed by atoms with van der Waals surface area (Å²) in [5.41, 5.74) is -0.490. The fourth-order valence-electron chi connectivity index (χ4n) is 2.58. The predicted octanol–water partition coefficient (Wildman–Crippen LogP) is 2.79. The zero-order valence-electron chi connectivity index (χ0n) is 10.7. The van der Waals surface area contributed by atoms with Gasteiger partial charge >= 0.3 is 11.7 Å². The second-order valence-electron chi connectivity index (χ2n) is 4.94. The van der Waals surface area contributed by atoms with Crippen LogP contribution in [0.15, 0.2) is 18.2 Å². The Morgan fingerprint density at radius 3 is 2.85 bits per heavy atom. The van der Waals surface area contributed by atoms with E-state index in [-0.39, 0.29) is 11.7 Å². The molecule has 1 aliphatic rings. The van der Waals surface area contributed by atoms with Gasteiger partial charge in [0, 0.05) is 6.04 Å². The topological polar surface area (TPSA) is 92.5 Å². The molecule has 0 spiro atoms. The van der Waals surface area contributed by atoms with Crippen molar-refractivity contribution < 1.29 is 19.2 Å². The molecule has 1 aromatic carbocycles. The number of benzene rings is 1. The SMILES string of the molecule is O=C(O)C1CCCC(Nc2cccc(F)c2[N+](=O)[O-])C1. The van der Waals surface area contributed by atoms with Crippen molar-refractivity contribution in [3.8, 4) is 0 Å². The van der Waals surface area contributed by atoms with Crippen LogP contribution in [0.4, 0.5) is 15.8 Å². The molecule has 1 aliphatic carbocycles. The number of aliphatic carboxylic acids is 1. The minimum absolute atomic E-state index is 0.103. The van der Waals surface area contributed by atoms with Crippen LogP contribution in [0.5, 0.6) is 0 Å². The van der Waals surface area contributed by atoms with Crippen molar-refractivity contribution in [2.45, 2.75) is 31.7 Å². The normalized spacial score (nSPS) is 22.2. The second kappa shape index (κ2) is 5.85. The number of nitrogens with zero attached hydrogens (tertiary/aromatic N) is 1. The van der Waals surface area contributed by atoms with Crippen LogP contribution < -0.4 is 5.32 Å². The van der Waals surface area contributed by atoms with Crippen molar-refractivity contribution in [1.29, 1.82) is 0 Å². The Kier molecular flexibility index (Phi) is 4.16. The van der Waals surface area contributed by atoms with Crippen LogP contribution in [-0.2, 0) is 4.79 Å². The number of hydrogen-bond acceptors (Lipinski definition) is 4. The molecule has 0 aliphatic heterocycles. The van der Waals surface area contributed by atoms with E-state index in [2.05, 4.69) is 5.32 Å². The van der Waals surface area contributed by atoms with Gasteiger partial charge in [-0.3, -0.25) is 14.9 Å². The monoisotopic (exact) mass is 282 g/mol. The third-order valence-corrected chi connectivity index (χ3v) is 3.55. The molecule has 6 nitrogen and oxygen atoms in total. The average molecular weight is 282 g/mol. The molecule has 20 heavy (non-hydrogen) atoms. The predicted molar refractivity (Wildman–Crippen MR) is 70.1 cm³/mol. The first-order chi connectivity index (χ1) is 9.49. The van der Waals surface area contributed by atoms with Gasteiger partial charge in [0.15, 0.2) is 0 Å². The van der Waals surface area contributed by atoms with Crippen LogP contribution >= 0.6 is 0 Å². The van der Waals surface area contributed by atoms with Gasteiger partial charge in [-0.2, -0.15) is 4.39 Å². The molecule has 1 aromatic rings. The molecule has 108 valence electrons. The second-order valence-corrected chi connectivity index (χ2v) is 4.94. The number of carboxylic acids is 1. The highest BCUT2D eigenvalue weighted by Gasteiger charge is 2.29. The molecule has 0 amide bonds. The van der Waals surface area contributed by atoms with Crippen molar-refractivity contribution in [2.75, 3.05) is 5.32 Å². The number of rotatable bonds is 4. The molecule has 7 heteroatoms. The number of carboxylic acid groups (broad SMARTS) is 1. The Balaban J connectivity index is 2.16. The number of hydrogen-bond donors (Lipinski definition) is 2. The summed E-state index contributed by atoms with van der Waals surface area (Å²) in [5.74, 6) is -2.20. The molecular formula is C13H15FN2O4. The molecule has 2 rings (SSSR count). The highest BCUT2D eigenvalue weighted by atomic mass is 19.1. The fourth-order valence-corrected chi connectivity index (χ4v) is 2.58. The zero-order valence-corrected chi connectivity index (χ0v) is 10.7. The molecule has 1 fully saturated rings. The van der Waals surface area contributed by atoms with Crippen LogP contribution in [0.25, 0.3) is 0 Å². The molecule has 0 aromatic heterocycles. The van der Waals surface area contributed by atoms with Gasteiger partial charge in [-0.25, -0.2) is 0 Å². The van der Waals surface area contributed by atoms with Gasteiger partial charge in [0.25, 0.3) is 0 Å². The Morgan fingerprint density at radius 2 is 2.20 bits per heavy atom. The van der Waals surface area contributed by atoms with Gasteiger partial charge in [0.1, 0.15) is 5.69 Å². The van der Waals surface area contributed by atoms with Gasteiger partial charge in [0.2, 0.25) is 5.82 Å². The lowest BCUT2D eigenvalue weighted by atomic mass is 9.85. The van der Waals surface area contributed by atoms with Crippen LogP contribution in [0.1, 0.15) is 25.7 Å². The van der Waals surface area contributed by atoms with Crippen molar-refractivity contribution in [3.63, 3.8) is 0 Å². The molecule has 0 saturated heterocycles. The van der Waals surface area contributed by atoms with Crippen LogP contribution in [0.3, 0.4) is 0 Å². The Hall–Kier alpha value is -2.18. The lowest BCUT2D eigenvalue weighted by molar-refractivity contribution is -0.386. The summed E-state index contributed by atoms with van der Waals surface area (Å²) in [4.78, 5) is 21.1. The number of halogens is 1. The molecule has 2 unspecified atom stereocenters. The first-order valence-electron chi connectivity index (χ1n) is 6.41. The van der Waals surface area contributed by atoms with E-state index in [0.29, 0.717) is 12.8 Å². The smallest absolute Gasteiger partial charge is 0.327 e.